The van der Waals surface area contributed by atoms with Gasteiger partial charge >= 0.3 is 6.18 Å². The summed E-state index contributed by atoms with van der Waals surface area (Å²) in [6.45, 7) is 6.22. The molecule has 0 spiro atoms. The maximum Gasteiger partial charge on any atom is 0.416 e. The van der Waals surface area contributed by atoms with Gasteiger partial charge in [0.15, 0.2) is 0 Å². The average Bonchev–Trinajstić information content (AvgIpc) is 2.15. The first-order valence-corrected chi connectivity index (χ1v) is 5.48. The van der Waals surface area contributed by atoms with Crippen LogP contribution in [0.3, 0.4) is 0 Å². The van der Waals surface area contributed by atoms with Gasteiger partial charge in [-0.25, -0.2) is 0 Å². The van der Waals surface area contributed by atoms with Gasteiger partial charge in [-0.05, 0) is 39.4 Å². The van der Waals surface area contributed by atoms with Gasteiger partial charge in [0.05, 0.1) is 5.56 Å². The van der Waals surface area contributed by atoms with Gasteiger partial charge in [-0.15, -0.1) is 0 Å². The molecule has 0 N–H and O–H groups in total. The Balaban J connectivity index is 3.00. The van der Waals surface area contributed by atoms with Crippen molar-refractivity contribution >= 4 is 0 Å². The zero-order chi connectivity index (χ0) is 13.3. The minimum atomic E-state index is -4.28. The van der Waals surface area contributed by atoms with Crippen molar-refractivity contribution in [2.45, 2.75) is 39.0 Å². The molecule has 0 fully saturated rings. The van der Waals surface area contributed by atoms with Crippen LogP contribution in [0.1, 0.15) is 31.9 Å². The molecule has 96 valence electrons. The van der Waals surface area contributed by atoms with Gasteiger partial charge in [0.1, 0.15) is 0 Å². The van der Waals surface area contributed by atoms with E-state index in [4.69, 9.17) is 0 Å². The predicted octanol–water partition coefficient (Wildman–Crippen LogP) is 3.94. The highest BCUT2D eigenvalue weighted by Gasteiger charge is 2.33. The van der Waals surface area contributed by atoms with Gasteiger partial charge < -0.3 is 0 Å². The Morgan fingerprint density at radius 2 is 1.59 bits per heavy atom. The summed E-state index contributed by atoms with van der Waals surface area (Å²) < 4.78 is 38.3. The van der Waals surface area contributed by atoms with E-state index in [0.717, 1.165) is 6.07 Å². The van der Waals surface area contributed by atoms with E-state index >= 15 is 0 Å². The fourth-order valence-electron chi connectivity index (χ4n) is 1.43. The van der Waals surface area contributed by atoms with Crippen molar-refractivity contribution in [1.82, 2.24) is 4.90 Å². The Bertz CT molecular complexity index is 377. The normalized spacial score (nSPS) is 13.2. The predicted molar refractivity (Wildman–Crippen MR) is 62.7 cm³/mol. The molecule has 0 aliphatic rings. The second-order valence-electron chi connectivity index (χ2n) is 5.18. The molecule has 0 amide bonds. The van der Waals surface area contributed by atoms with Crippen LogP contribution in [-0.4, -0.2) is 17.5 Å². The summed E-state index contributed by atoms with van der Waals surface area (Å²) in [5.41, 5.74) is -0.382. The lowest BCUT2D eigenvalue weighted by Gasteiger charge is -2.32. The molecular formula is C13H18F3N. The van der Waals surface area contributed by atoms with Crippen molar-refractivity contribution in [3.05, 3.63) is 35.4 Å². The zero-order valence-corrected chi connectivity index (χ0v) is 10.6. The molecule has 0 aliphatic carbocycles. The number of alkyl halides is 3. The van der Waals surface area contributed by atoms with Crippen LogP contribution in [0.2, 0.25) is 0 Å². The first-order valence-electron chi connectivity index (χ1n) is 5.48. The molecule has 1 nitrogen and oxygen atoms in total. The Hall–Kier alpha value is -1.03. The first-order chi connectivity index (χ1) is 7.62. The van der Waals surface area contributed by atoms with Crippen LogP contribution in [-0.2, 0) is 12.7 Å². The summed E-state index contributed by atoms with van der Waals surface area (Å²) in [5.74, 6) is 0. The standard InChI is InChI=1S/C13H18F3N/c1-12(2,3)17(4)9-10-7-5-6-8-11(10)13(14,15)16/h5-8H,9H2,1-4H3. The van der Waals surface area contributed by atoms with E-state index in [-0.39, 0.29) is 5.54 Å². The molecule has 0 heterocycles. The van der Waals surface area contributed by atoms with E-state index in [1.165, 1.54) is 12.1 Å². The van der Waals surface area contributed by atoms with Crippen LogP contribution in [0.4, 0.5) is 13.2 Å². The third-order valence-electron chi connectivity index (χ3n) is 2.88. The first kappa shape index (κ1) is 14.0. The molecule has 0 aliphatic heterocycles. The Labute approximate surface area is 100 Å². The lowest BCUT2D eigenvalue weighted by Crippen LogP contribution is -2.37. The fourth-order valence-corrected chi connectivity index (χ4v) is 1.43. The van der Waals surface area contributed by atoms with Gasteiger partial charge in [-0.1, -0.05) is 18.2 Å². The van der Waals surface area contributed by atoms with Crippen molar-refractivity contribution in [3.63, 3.8) is 0 Å². The quantitative estimate of drug-likeness (QED) is 0.763. The topological polar surface area (TPSA) is 3.24 Å². The molecule has 4 heteroatoms. The summed E-state index contributed by atoms with van der Waals surface area (Å²) >= 11 is 0. The summed E-state index contributed by atoms with van der Waals surface area (Å²) in [6, 6.07) is 5.72. The van der Waals surface area contributed by atoms with E-state index in [1.54, 1.807) is 6.07 Å². The maximum atomic E-state index is 12.8. The highest BCUT2D eigenvalue weighted by molar-refractivity contribution is 5.29. The van der Waals surface area contributed by atoms with Gasteiger partial charge in [0.25, 0.3) is 0 Å². The van der Waals surface area contributed by atoms with Crippen LogP contribution in [0, 0.1) is 0 Å². The van der Waals surface area contributed by atoms with Crippen LogP contribution >= 0.6 is 0 Å². The third kappa shape index (κ3) is 3.73. The Kier molecular flexibility index (Phi) is 3.87. The highest BCUT2D eigenvalue weighted by atomic mass is 19.4. The fraction of sp³-hybridized carbons (Fsp3) is 0.538. The van der Waals surface area contributed by atoms with E-state index in [0.29, 0.717) is 12.1 Å². The number of halogens is 3. The lowest BCUT2D eigenvalue weighted by molar-refractivity contribution is -0.138. The molecule has 0 atom stereocenters. The van der Waals surface area contributed by atoms with Gasteiger partial charge in [0, 0.05) is 12.1 Å². The number of hydrogen-bond acceptors (Lipinski definition) is 1. The van der Waals surface area contributed by atoms with E-state index < -0.39 is 11.7 Å². The lowest BCUT2D eigenvalue weighted by atomic mass is 10.0. The second-order valence-corrected chi connectivity index (χ2v) is 5.18. The largest absolute Gasteiger partial charge is 0.416 e. The summed E-state index contributed by atoms with van der Waals surface area (Å²) in [5, 5.41) is 0. The third-order valence-corrected chi connectivity index (χ3v) is 2.88. The van der Waals surface area contributed by atoms with Crippen LogP contribution in [0.25, 0.3) is 0 Å². The smallest absolute Gasteiger partial charge is 0.297 e. The van der Waals surface area contributed by atoms with Crippen molar-refractivity contribution in [3.8, 4) is 0 Å². The molecule has 0 saturated carbocycles. The van der Waals surface area contributed by atoms with Gasteiger partial charge in [-0.3, -0.25) is 4.90 Å². The average molecular weight is 245 g/mol. The molecule has 17 heavy (non-hydrogen) atoms. The van der Waals surface area contributed by atoms with E-state index in [9.17, 15) is 13.2 Å². The Morgan fingerprint density at radius 3 is 2.06 bits per heavy atom. The SMILES string of the molecule is CN(Cc1ccccc1C(F)(F)F)C(C)(C)C. The molecule has 0 saturated heterocycles. The maximum absolute atomic E-state index is 12.8. The molecule has 0 aromatic heterocycles. The van der Waals surface area contributed by atoms with E-state index in [1.807, 2.05) is 32.7 Å². The summed E-state index contributed by atoms with van der Waals surface area (Å²) in [6.07, 6.45) is -4.28. The molecule has 0 radical (unpaired) electrons. The number of nitrogens with zero attached hydrogens (tertiary/aromatic N) is 1. The molecule has 0 unspecified atom stereocenters. The number of hydrogen-bond donors (Lipinski definition) is 0. The van der Waals surface area contributed by atoms with Gasteiger partial charge in [0.2, 0.25) is 0 Å². The minimum absolute atomic E-state index is 0.154. The summed E-state index contributed by atoms with van der Waals surface area (Å²) in [7, 11) is 1.83. The van der Waals surface area contributed by atoms with Crippen LogP contribution < -0.4 is 0 Å². The molecule has 0 bridgehead atoms. The van der Waals surface area contributed by atoms with Crippen molar-refractivity contribution < 1.29 is 13.2 Å². The molecule has 1 aromatic carbocycles. The highest BCUT2D eigenvalue weighted by Crippen LogP contribution is 2.32. The van der Waals surface area contributed by atoms with Crippen molar-refractivity contribution in [2.75, 3.05) is 7.05 Å². The zero-order valence-electron chi connectivity index (χ0n) is 10.6. The Morgan fingerprint density at radius 1 is 1.06 bits per heavy atom. The van der Waals surface area contributed by atoms with Crippen LogP contribution in [0.15, 0.2) is 24.3 Å². The molecule has 1 rings (SSSR count). The second kappa shape index (κ2) is 4.69. The number of benzene rings is 1. The van der Waals surface area contributed by atoms with Crippen molar-refractivity contribution in [1.29, 1.82) is 0 Å². The summed E-state index contributed by atoms with van der Waals surface area (Å²) in [4.78, 5) is 1.90. The monoisotopic (exact) mass is 245 g/mol. The molecule has 1 aromatic rings. The van der Waals surface area contributed by atoms with Gasteiger partial charge in [-0.2, -0.15) is 13.2 Å². The number of rotatable bonds is 2. The van der Waals surface area contributed by atoms with Crippen molar-refractivity contribution in [2.24, 2.45) is 0 Å². The van der Waals surface area contributed by atoms with E-state index in [2.05, 4.69) is 0 Å². The minimum Gasteiger partial charge on any atom is -0.297 e. The van der Waals surface area contributed by atoms with Crippen LogP contribution in [0.5, 0.6) is 0 Å². The molecular weight excluding hydrogens is 227 g/mol.